The normalized spacial score (nSPS) is 10.7. The molecule has 0 saturated heterocycles. The molecule has 0 aliphatic rings. The Morgan fingerprint density at radius 2 is 1.86 bits per heavy atom. The van der Waals surface area contributed by atoms with E-state index in [0.29, 0.717) is 5.56 Å². The molecule has 0 aliphatic heterocycles. The van der Waals surface area contributed by atoms with Crippen LogP contribution in [0.15, 0.2) is 35.1 Å². The summed E-state index contributed by atoms with van der Waals surface area (Å²) in [5.41, 5.74) is 3.42. The maximum atomic E-state index is 12.0. The van der Waals surface area contributed by atoms with Crippen LogP contribution in [0.2, 0.25) is 0 Å². The van der Waals surface area contributed by atoms with Crippen LogP contribution in [0.5, 0.6) is 0 Å². The molecule has 0 unspecified atom stereocenters. The monoisotopic (exact) mass is 295 g/mol. The third-order valence-corrected chi connectivity index (χ3v) is 3.88. The molecule has 0 saturated carbocycles. The van der Waals surface area contributed by atoms with E-state index in [1.165, 1.54) is 0 Å². The number of rotatable bonds is 5. The summed E-state index contributed by atoms with van der Waals surface area (Å²) in [6, 6.07) is 11.9. The lowest BCUT2D eigenvalue weighted by atomic mass is 9.96. The fourth-order valence-corrected chi connectivity index (χ4v) is 2.62. The second-order valence-corrected chi connectivity index (χ2v) is 5.30. The third-order valence-electron chi connectivity index (χ3n) is 3.88. The van der Waals surface area contributed by atoms with Crippen molar-refractivity contribution in [3.8, 4) is 17.2 Å². The summed E-state index contributed by atoms with van der Waals surface area (Å²) in [4.78, 5) is 17.0. The Morgan fingerprint density at radius 1 is 1.18 bits per heavy atom. The van der Waals surface area contributed by atoms with Crippen LogP contribution in [0.3, 0.4) is 0 Å². The van der Waals surface area contributed by atoms with Gasteiger partial charge < -0.3 is 4.98 Å². The molecule has 2 rings (SSSR count). The van der Waals surface area contributed by atoms with Gasteiger partial charge in [-0.1, -0.05) is 38.1 Å². The molecule has 0 radical (unpaired) electrons. The van der Waals surface area contributed by atoms with Crippen LogP contribution in [0, 0.1) is 18.3 Å². The number of nitriles is 1. The van der Waals surface area contributed by atoms with Crippen molar-refractivity contribution in [3.05, 3.63) is 57.5 Å². The summed E-state index contributed by atoms with van der Waals surface area (Å²) < 4.78 is 0. The van der Waals surface area contributed by atoms with E-state index >= 15 is 0 Å². The molecule has 0 atom stereocenters. The predicted octanol–water partition coefficient (Wildman–Crippen LogP) is 3.06. The fraction of sp³-hybridized carbons (Fsp3) is 0.333. The van der Waals surface area contributed by atoms with Crippen molar-refractivity contribution in [2.24, 2.45) is 0 Å². The molecule has 0 amide bonds. The minimum Gasteiger partial charge on any atom is -0.325 e. The quantitative estimate of drug-likeness (QED) is 0.922. The maximum Gasteiger partial charge on any atom is 0.266 e. The first-order chi connectivity index (χ1) is 10.6. The van der Waals surface area contributed by atoms with Crippen LogP contribution in [0.25, 0.3) is 11.1 Å². The van der Waals surface area contributed by atoms with E-state index in [1.807, 2.05) is 37.3 Å². The lowest BCUT2D eigenvalue weighted by Gasteiger charge is -2.20. The van der Waals surface area contributed by atoms with Gasteiger partial charge >= 0.3 is 0 Å². The zero-order valence-corrected chi connectivity index (χ0v) is 13.3. The Balaban J connectivity index is 2.60. The summed E-state index contributed by atoms with van der Waals surface area (Å²) in [7, 11) is 0. The van der Waals surface area contributed by atoms with Crippen LogP contribution in [-0.2, 0) is 6.54 Å². The smallest absolute Gasteiger partial charge is 0.266 e. The van der Waals surface area contributed by atoms with Crippen molar-refractivity contribution in [2.75, 3.05) is 13.1 Å². The number of H-pyrrole nitrogens is 1. The van der Waals surface area contributed by atoms with Gasteiger partial charge in [0.1, 0.15) is 11.6 Å². The lowest BCUT2D eigenvalue weighted by molar-refractivity contribution is 0.296. The van der Waals surface area contributed by atoms with Gasteiger partial charge in [-0.25, -0.2) is 0 Å². The van der Waals surface area contributed by atoms with E-state index < -0.39 is 0 Å². The van der Waals surface area contributed by atoms with Gasteiger partial charge in [0.15, 0.2) is 0 Å². The van der Waals surface area contributed by atoms with Gasteiger partial charge in [-0.05, 0) is 37.2 Å². The summed E-state index contributed by atoms with van der Waals surface area (Å²) in [5.74, 6) is 0. The number of pyridine rings is 1. The van der Waals surface area contributed by atoms with E-state index in [0.717, 1.165) is 36.5 Å². The standard InChI is InChI=1S/C18H21N3O/c1-4-21(5-2)12-14-8-6-7-9-15(14)16-10-13(3)20-18(22)17(16)11-19/h6-10H,4-5,12H2,1-3H3,(H,20,22). The predicted molar refractivity (Wildman–Crippen MR) is 88.6 cm³/mol. The van der Waals surface area contributed by atoms with E-state index in [2.05, 4.69) is 29.8 Å². The number of hydrogen-bond acceptors (Lipinski definition) is 3. The number of hydrogen-bond donors (Lipinski definition) is 1. The highest BCUT2D eigenvalue weighted by Crippen LogP contribution is 2.26. The number of aromatic amines is 1. The molecular formula is C18H21N3O. The van der Waals surface area contributed by atoms with Crippen LogP contribution >= 0.6 is 0 Å². The molecule has 114 valence electrons. The zero-order valence-electron chi connectivity index (χ0n) is 13.3. The van der Waals surface area contributed by atoms with E-state index in [4.69, 9.17) is 0 Å². The molecule has 0 aliphatic carbocycles. The minimum atomic E-state index is -0.324. The summed E-state index contributed by atoms with van der Waals surface area (Å²) in [6.45, 7) is 8.82. The van der Waals surface area contributed by atoms with Gasteiger partial charge in [-0.3, -0.25) is 9.69 Å². The van der Waals surface area contributed by atoms with Crippen LogP contribution in [0.4, 0.5) is 0 Å². The SMILES string of the molecule is CCN(CC)Cc1ccccc1-c1cc(C)[nH]c(=O)c1C#N. The van der Waals surface area contributed by atoms with Crippen molar-refractivity contribution in [3.63, 3.8) is 0 Å². The van der Waals surface area contributed by atoms with Gasteiger partial charge in [0, 0.05) is 17.8 Å². The maximum absolute atomic E-state index is 12.0. The molecule has 0 fully saturated rings. The first kappa shape index (κ1) is 16.0. The fourth-order valence-electron chi connectivity index (χ4n) is 2.62. The van der Waals surface area contributed by atoms with Crippen LogP contribution in [-0.4, -0.2) is 23.0 Å². The highest BCUT2D eigenvalue weighted by atomic mass is 16.1. The van der Waals surface area contributed by atoms with Gasteiger partial charge in [0.2, 0.25) is 0 Å². The highest BCUT2D eigenvalue weighted by molar-refractivity contribution is 5.73. The van der Waals surface area contributed by atoms with Crippen molar-refractivity contribution < 1.29 is 0 Å². The first-order valence-corrected chi connectivity index (χ1v) is 7.55. The molecule has 1 aromatic carbocycles. The Hall–Kier alpha value is -2.38. The zero-order chi connectivity index (χ0) is 16.1. The number of aromatic nitrogens is 1. The molecule has 22 heavy (non-hydrogen) atoms. The number of benzene rings is 1. The van der Waals surface area contributed by atoms with Crippen molar-refractivity contribution in [1.82, 2.24) is 9.88 Å². The second kappa shape index (κ2) is 7.06. The topological polar surface area (TPSA) is 59.9 Å². The molecule has 4 heteroatoms. The van der Waals surface area contributed by atoms with Gasteiger partial charge in [0.05, 0.1) is 0 Å². The van der Waals surface area contributed by atoms with Gasteiger partial charge in [0.25, 0.3) is 5.56 Å². The third kappa shape index (κ3) is 3.26. The number of nitrogens with one attached hydrogen (secondary N) is 1. The van der Waals surface area contributed by atoms with Crippen LogP contribution in [0.1, 0.15) is 30.7 Å². The Kier molecular flexibility index (Phi) is 5.13. The van der Waals surface area contributed by atoms with Gasteiger partial charge in [-0.15, -0.1) is 0 Å². The molecule has 1 heterocycles. The second-order valence-electron chi connectivity index (χ2n) is 5.30. The van der Waals surface area contributed by atoms with E-state index in [1.54, 1.807) is 0 Å². The largest absolute Gasteiger partial charge is 0.325 e. The summed E-state index contributed by atoms with van der Waals surface area (Å²) in [5, 5.41) is 9.34. The molecule has 1 aromatic heterocycles. The molecule has 2 aromatic rings. The minimum absolute atomic E-state index is 0.178. The molecule has 4 nitrogen and oxygen atoms in total. The summed E-state index contributed by atoms with van der Waals surface area (Å²) >= 11 is 0. The lowest BCUT2D eigenvalue weighted by Crippen LogP contribution is -2.22. The van der Waals surface area contributed by atoms with Crippen molar-refractivity contribution in [2.45, 2.75) is 27.3 Å². The average molecular weight is 295 g/mol. The van der Waals surface area contributed by atoms with E-state index in [-0.39, 0.29) is 11.1 Å². The van der Waals surface area contributed by atoms with Gasteiger partial charge in [-0.2, -0.15) is 5.26 Å². The number of aryl methyl sites for hydroxylation is 1. The molecular weight excluding hydrogens is 274 g/mol. The molecule has 0 bridgehead atoms. The van der Waals surface area contributed by atoms with Crippen molar-refractivity contribution >= 4 is 0 Å². The Labute approximate surface area is 131 Å². The summed E-state index contributed by atoms with van der Waals surface area (Å²) in [6.07, 6.45) is 0. The Bertz CT molecular complexity index is 752. The Morgan fingerprint density at radius 3 is 2.50 bits per heavy atom. The first-order valence-electron chi connectivity index (χ1n) is 7.55. The van der Waals surface area contributed by atoms with E-state index in [9.17, 15) is 10.1 Å². The molecule has 0 spiro atoms. The van der Waals surface area contributed by atoms with Crippen molar-refractivity contribution in [1.29, 1.82) is 5.26 Å². The average Bonchev–Trinajstić information content (AvgIpc) is 2.52. The highest BCUT2D eigenvalue weighted by Gasteiger charge is 2.14. The number of nitrogens with zero attached hydrogens (tertiary/aromatic N) is 2. The van der Waals surface area contributed by atoms with Crippen LogP contribution < -0.4 is 5.56 Å². The molecule has 1 N–H and O–H groups in total.